The molecule has 5 rings (SSSR count). The Balaban J connectivity index is 1.22. The summed E-state index contributed by atoms with van der Waals surface area (Å²) in [6.07, 6.45) is 2.25. The van der Waals surface area contributed by atoms with E-state index < -0.39 is 0 Å². The molecule has 2 aromatic heterocycles. The molecule has 2 heterocycles. The van der Waals surface area contributed by atoms with E-state index in [2.05, 4.69) is 69.5 Å². The number of hydrogen-bond acceptors (Lipinski definition) is 5. The van der Waals surface area contributed by atoms with Crippen LogP contribution in [0.4, 0.5) is 0 Å². The number of nitrogens with zero attached hydrogens (tertiary/aromatic N) is 4. The summed E-state index contributed by atoms with van der Waals surface area (Å²) in [5, 5.41) is 13.8. The van der Waals surface area contributed by atoms with Gasteiger partial charge in [0.05, 0.1) is 11.6 Å². The van der Waals surface area contributed by atoms with Crippen LogP contribution in [0.5, 0.6) is 0 Å². The molecular weight excluding hydrogens is 478 g/mol. The van der Waals surface area contributed by atoms with Gasteiger partial charge in [-0.3, -0.25) is 4.79 Å². The molecule has 3 aromatic carbocycles. The number of unbranched alkanes of at least 4 members (excludes halogenated alkanes) is 1. The van der Waals surface area contributed by atoms with Gasteiger partial charge in [-0.05, 0) is 49.4 Å². The van der Waals surface area contributed by atoms with Gasteiger partial charge in [0.25, 0.3) is 0 Å². The van der Waals surface area contributed by atoms with Crippen LogP contribution in [0.2, 0.25) is 0 Å². The number of carbonyl (C=O) groups excluding carboxylic acids is 1. The predicted octanol–water partition coefficient (Wildman–Crippen LogP) is 6.48. The molecule has 1 N–H and O–H groups in total. The predicted molar refractivity (Wildman–Crippen MR) is 151 cm³/mol. The zero-order valence-electron chi connectivity index (χ0n) is 21.2. The maximum Gasteiger partial charge on any atom is 0.220 e. The quantitative estimate of drug-likeness (QED) is 0.172. The zero-order chi connectivity index (χ0) is 25.6. The first kappa shape index (κ1) is 25.0. The molecule has 0 saturated carbocycles. The second kappa shape index (κ2) is 11.6. The first-order valence-corrected chi connectivity index (χ1v) is 13.7. The van der Waals surface area contributed by atoms with Crippen molar-refractivity contribution in [3.8, 4) is 0 Å². The van der Waals surface area contributed by atoms with Crippen molar-refractivity contribution in [2.24, 2.45) is 0 Å². The zero-order valence-corrected chi connectivity index (χ0v) is 22.0. The van der Waals surface area contributed by atoms with E-state index >= 15 is 0 Å². The van der Waals surface area contributed by atoms with E-state index in [1.54, 1.807) is 11.8 Å². The van der Waals surface area contributed by atoms with Gasteiger partial charge in [-0.1, -0.05) is 84.6 Å². The Morgan fingerprint density at radius 3 is 2.54 bits per heavy atom. The lowest BCUT2D eigenvalue weighted by Gasteiger charge is -2.14. The minimum atomic E-state index is 0.0145. The van der Waals surface area contributed by atoms with Crippen LogP contribution >= 0.6 is 11.8 Å². The van der Waals surface area contributed by atoms with Gasteiger partial charge in [0.2, 0.25) is 11.1 Å². The van der Waals surface area contributed by atoms with Gasteiger partial charge in [0.1, 0.15) is 5.52 Å². The normalized spacial score (nSPS) is 12.2. The van der Waals surface area contributed by atoms with Crippen LogP contribution in [-0.4, -0.2) is 31.4 Å². The van der Waals surface area contributed by atoms with E-state index in [1.807, 2.05) is 43.3 Å². The number of hydrogen-bond donors (Lipinski definition) is 1. The summed E-state index contributed by atoms with van der Waals surface area (Å²) < 4.78 is 2.24. The van der Waals surface area contributed by atoms with Crippen LogP contribution in [0.1, 0.15) is 48.9 Å². The minimum absolute atomic E-state index is 0.0145. The summed E-state index contributed by atoms with van der Waals surface area (Å²) in [6.45, 7) is 4.89. The van der Waals surface area contributed by atoms with Gasteiger partial charge in [0, 0.05) is 24.1 Å². The molecule has 0 aliphatic carbocycles. The summed E-state index contributed by atoms with van der Waals surface area (Å²) in [4.78, 5) is 17.3. The fourth-order valence-electron chi connectivity index (χ4n) is 4.56. The highest BCUT2D eigenvalue weighted by Crippen LogP contribution is 2.28. The molecule has 0 fully saturated rings. The van der Waals surface area contributed by atoms with E-state index in [0.29, 0.717) is 11.6 Å². The number of nitrogens with one attached hydrogen (secondary N) is 1. The topological polar surface area (TPSA) is 72.7 Å². The van der Waals surface area contributed by atoms with Crippen molar-refractivity contribution in [2.45, 2.75) is 50.9 Å². The van der Waals surface area contributed by atoms with Gasteiger partial charge in [-0.15, -0.1) is 10.2 Å². The SMILES string of the molecule is Cc1ccccc1Cn1c2ccccc2c2nnc(SCCCCC(=O)NC(C)c3ccccc3)nc21. The number of aromatic nitrogens is 4. The fraction of sp³-hybridized carbons (Fsp3) is 0.267. The smallest absolute Gasteiger partial charge is 0.220 e. The third kappa shape index (κ3) is 5.83. The highest BCUT2D eigenvalue weighted by atomic mass is 32.2. The van der Waals surface area contributed by atoms with Crippen molar-refractivity contribution in [3.63, 3.8) is 0 Å². The molecule has 1 unspecified atom stereocenters. The Morgan fingerprint density at radius 2 is 1.70 bits per heavy atom. The monoisotopic (exact) mass is 509 g/mol. The Labute approximate surface area is 221 Å². The first-order valence-electron chi connectivity index (χ1n) is 12.7. The molecular formula is C30H31N5OS. The number of para-hydroxylation sites is 1. The van der Waals surface area contributed by atoms with Crippen LogP contribution in [-0.2, 0) is 11.3 Å². The molecule has 188 valence electrons. The summed E-state index contributed by atoms with van der Waals surface area (Å²) in [6, 6.07) is 26.8. The van der Waals surface area contributed by atoms with Gasteiger partial charge < -0.3 is 9.88 Å². The highest BCUT2D eigenvalue weighted by Gasteiger charge is 2.16. The molecule has 7 heteroatoms. The van der Waals surface area contributed by atoms with E-state index in [4.69, 9.17) is 4.98 Å². The fourth-order valence-corrected chi connectivity index (χ4v) is 5.34. The van der Waals surface area contributed by atoms with E-state index in [0.717, 1.165) is 52.8 Å². The van der Waals surface area contributed by atoms with Gasteiger partial charge in [0.15, 0.2) is 5.65 Å². The number of benzene rings is 3. The summed E-state index contributed by atoms with van der Waals surface area (Å²) in [5.41, 5.74) is 6.44. The summed E-state index contributed by atoms with van der Waals surface area (Å²) in [5.74, 6) is 0.925. The lowest BCUT2D eigenvalue weighted by molar-refractivity contribution is -0.121. The third-order valence-corrected chi connectivity index (χ3v) is 7.57. The number of carbonyl (C=O) groups is 1. The highest BCUT2D eigenvalue weighted by molar-refractivity contribution is 7.99. The lowest BCUT2D eigenvalue weighted by Crippen LogP contribution is -2.26. The van der Waals surface area contributed by atoms with E-state index in [1.165, 1.54) is 11.1 Å². The van der Waals surface area contributed by atoms with Crippen LogP contribution < -0.4 is 5.32 Å². The second-order valence-corrected chi connectivity index (χ2v) is 10.4. The Morgan fingerprint density at radius 1 is 0.946 bits per heavy atom. The van der Waals surface area contributed by atoms with Crippen molar-refractivity contribution < 1.29 is 4.79 Å². The van der Waals surface area contributed by atoms with Gasteiger partial charge in [-0.2, -0.15) is 0 Å². The van der Waals surface area contributed by atoms with Gasteiger partial charge >= 0.3 is 0 Å². The van der Waals surface area contributed by atoms with Crippen molar-refractivity contribution in [2.75, 3.05) is 5.75 Å². The number of fused-ring (bicyclic) bond motifs is 3. The molecule has 1 atom stereocenters. The van der Waals surface area contributed by atoms with E-state index in [9.17, 15) is 4.79 Å². The molecule has 5 aromatic rings. The van der Waals surface area contributed by atoms with Crippen LogP contribution in [0, 0.1) is 6.92 Å². The maximum absolute atomic E-state index is 12.3. The average Bonchev–Trinajstić information content (AvgIpc) is 3.23. The average molecular weight is 510 g/mol. The number of thioether (sulfide) groups is 1. The number of aryl methyl sites for hydroxylation is 1. The van der Waals surface area contributed by atoms with Crippen molar-refractivity contribution in [3.05, 3.63) is 95.6 Å². The molecule has 0 aliphatic rings. The van der Waals surface area contributed by atoms with E-state index in [-0.39, 0.29) is 11.9 Å². The number of rotatable bonds is 10. The molecule has 0 bridgehead atoms. The molecule has 0 saturated heterocycles. The lowest BCUT2D eigenvalue weighted by atomic mass is 10.1. The van der Waals surface area contributed by atoms with Crippen LogP contribution in [0.25, 0.3) is 22.1 Å². The molecule has 6 nitrogen and oxygen atoms in total. The standard InChI is InChI=1S/C30H31N5OS/c1-21-12-6-7-15-24(21)20-35-26-17-9-8-16-25(26)28-29(35)32-30(34-33-28)37-19-11-10-18-27(36)31-22(2)23-13-4-3-5-14-23/h3-9,12-17,22H,10-11,18-20H2,1-2H3,(H,31,36). The Hall–Kier alpha value is -3.71. The molecule has 1 amide bonds. The van der Waals surface area contributed by atoms with Crippen LogP contribution in [0.3, 0.4) is 0 Å². The van der Waals surface area contributed by atoms with Crippen molar-refractivity contribution >= 4 is 39.7 Å². The summed E-state index contributed by atoms with van der Waals surface area (Å²) >= 11 is 1.60. The number of amides is 1. The molecule has 0 radical (unpaired) electrons. The van der Waals surface area contributed by atoms with Crippen molar-refractivity contribution in [1.82, 2.24) is 25.1 Å². The van der Waals surface area contributed by atoms with Crippen LogP contribution in [0.15, 0.2) is 84.0 Å². The summed E-state index contributed by atoms with van der Waals surface area (Å²) in [7, 11) is 0. The van der Waals surface area contributed by atoms with Gasteiger partial charge in [-0.25, -0.2) is 4.98 Å². The largest absolute Gasteiger partial charge is 0.350 e. The molecule has 37 heavy (non-hydrogen) atoms. The second-order valence-electron chi connectivity index (χ2n) is 9.30. The Kier molecular flexibility index (Phi) is 7.80. The molecule has 0 aliphatic heterocycles. The first-order chi connectivity index (χ1) is 18.1. The third-order valence-electron chi connectivity index (χ3n) is 6.65. The Bertz CT molecular complexity index is 1520. The van der Waals surface area contributed by atoms with Crippen molar-refractivity contribution in [1.29, 1.82) is 0 Å². The maximum atomic E-state index is 12.3. The molecule has 0 spiro atoms. The minimum Gasteiger partial charge on any atom is -0.350 e.